The van der Waals surface area contributed by atoms with Gasteiger partial charge in [-0.3, -0.25) is 9.59 Å². The number of rotatable bonds is 0. The third kappa shape index (κ3) is 0.765. The first-order valence-corrected chi connectivity index (χ1v) is 1.87. The van der Waals surface area contributed by atoms with Gasteiger partial charge in [0.2, 0.25) is 0 Å². The van der Waals surface area contributed by atoms with Crippen molar-refractivity contribution in [3.63, 3.8) is 0 Å². The fourth-order valence-corrected chi connectivity index (χ4v) is 0.362. The first-order chi connectivity index (χ1) is 3.70. The van der Waals surface area contributed by atoms with E-state index in [1.807, 2.05) is 0 Å². The minimum absolute atomic E-state index is 0.0845. The van der Waals surface area contributed by atoms with Gasteiger partial charge in [0.15, 0.2) is 0 Å². The summed E-state index contributed by atoms with van der Waals surface area (Å²) < 4.78 is 10.8. The van der Waals surface area contributed by atoms with E-state index in [1.54, 1.807) is 0 Å². The highest BCUT2D eigenvalue weighted by Crippen LogP contribution is 2.03. The van der Waals surface area contributed by atoms with Crippen molar-refractivity contribution in [2.45, 2.75) is 12.8 Å². The summed E-state index contributed by atoms with van der Waals surface area (Å²) in [6, 6.07) is 0. The van der Waals surface area contributed by atoms with Crippen LogP contribution in [0, 0.1) is 0 Å². The van der Waals surface area contributed by atoms with Crippen LogP contribution in [0.2, 0.25) is 0 Å². The van der Waals surface area contributed by atoms with E-state index < -0.39 is 18.3 Å². The summed E-state index contributed by atoms with van der Waals surface area (Å²) in [7, 11) is 0. The second kappa shape index (κ2) is 1.33. The topological polar surface area (TPSA) is 43.4 Å². The molecule has 1 atom stereocenters. The minimum Gasteiger partial charge on any atom is -0.393 e. The summed E-state index contributed by atoms with van der Waals surface area (Å²) in [4.78, 5) is 20.3. The monoisotopic (exact) mass is 101 g/mol. The van der Waals surface area contributed by atoms with Gasteiger partial charge in [0.25, 0.3) is 0 Å². The normalized spacial score (nSPS) is 32.6. The molecule has 1 heterocycles. The van der Waals surface area contributed by atoms with E-state index in [0.717, 1.165) is 0 Å². The summed E-state index contributed by atoms with van der Waals surface area (Å²) in [5, 5.41) is 0. The smallest absolute Gasteiger partial charge is 0.314 e. The van der Waals surface area contributed by atoms with Gasteiger partial charge < -0.3 is 4.74 Å². The molecule has 0 amide bonds. The van der Waals surface area contributed by atoms with E-state index in [2.05, 4.69) is 4.74 Å². The van der Waals surface area contributed by atoms with Gasteiger partial charge in [0.1, 0.15) is 0 Å². The molecule has 0 N–H and O–H groups in total. The molecule has 0 aromatic carbocycles. The highest BCUT2D eigenvalue weighted by Gasteiger charge is 2.19. The SMILES string of the molecule is [2H]C1CC(=O)OC1=O. The lowest BCUT2D eigenvalue weighted by Gasteiger charge is -1.79. The predicted octanol–water partition coefficient (Wildman–Crippen LogP) is -0.150. The molecule has 1 aliphatic heterocycles. The molecule has 1 rings (SSSR count). The lowest BCUT2D eigenvalue weighted by Crippen LogP contribution is -1.94. The van der Waals surface area contributed by atoms with Crippen LogP contribution >= 0.6 is 0 Å². The Kier molecular flexibility index (Phi) is 0.604. The lowest BCUT2D eigenvalue weighted by atomic mass is 10.4. The minimum atomic E-state index is -0.970. The summed E-state index contributed by atoms with van der Waals surface area (Å²) in [6.07, 6.45) is -1.05. The number of hydrogen-bond acceptors (Lipinski definition) is 3. The number of cyclic esters (lactones) is 2. The molecule has 1 aliphatic rings. The van der Waals surface area contributed by atoms with Crippen molar-refractivity contribution in [2.75, 3.05) is 0 Å². The van der Waals surface area contributed by atoms with Gasteiger partial charge in [-0.05, 0) is 0 Å². The van der Waals surface area contributed by atoms with Crippen molar-refractivity contribution < 1.29 is 15.7 Å². The molecule has 3 nitrogen and oxygen atoms in total. The summed E-state index contributed by atoms with van der Waals surface area (Å²) in [5.41, 5.74) is 0. The molecular formula is C4H4O3. The molecule has 0 aromatic rings. The summed E-state index contributed by atoms with van der Waals surface area (Å²) >= 11 is 0. The third-order valence-electron chi connectivity index (χ3n) is 0.650. The maximum Gasteiger partial charge on any atom is 0.314 e. The van der Waals surface area contributed by atoms with Crippen LogP contribution < -0.4 is 0 Å². The molecular weight excluding hydrogens is 96.0 g/mol. The van der Waals surface area contributed by atoms with Crippen LogP contribution in [0.4, 0.5) is 0 Å². The molecule has 3 heteroatoms. The zero-order chi connectivity index (χ0) is 6.15. The Labute approximate surface area is 41.7 Å². The van der Waals surface area contributed by atoms with Crippen molar-refractivity contribution in [3.8, 4) is 0 Å². The molecule has 38 valence electrons. The predicted molar refractivity (Wildman–Crippen MR) is 20.3 cm³/mol. The van der Waals surface area contributed by atoms with Gasteiger partial charge in [0, 0.05) is 1.37 Å². The van der Waals surface area contributed by atoms with Crippen molar-refractivity contribution >= 4 is 11.9 Å². The van der Waals surface area contributed by atoms with E-state index in [1.165, 1.54) is 0 Å². The summed E-state index contributed by atoms with van der Waals surface area (Å²) in [6.45, 7) is 0. The second-order valence-electron chi connectivity index (χ2n) is 1.20. The number of carbonyl (C=O) groups is 2. The molecule has 0 saturated carbocycles. The van der Waals surface area contributed by atoms with Gasteiger partial charge in [0.05, 0.1) is 12.8 Å². The second-order valence-corrected chi connectivity index (χ2v) is 1.20. The largest absolute Gasteiger partial charge is 0.393 e. The van der Waals surface area contributed by atoms with E-state index in [-0.39, 0.29) is 6.42 Å². The quantitative estimate of drug-likeness (QED) is 0.315. The molecule has 0 radical (unpaired) electrons. The van der Waals surface area contributed by atoms with Crippen molar-refractivity contribution in [2.24, 2.45) is 0 Å². The fraction of sp³-hybridized carbons (Fsp3) is 0.500. The Bertz CT molecular complexity index is 142. The molecule has 0 bridgehead atoms. The average Bonchev–Trinajstić information content (AvgIpc) is 1.85. The maximum atomic E-state index is 10.2. The fourth-order valence-electron chi connectivity index (χ4n) is 0.362. The first kappa shape index (κ1) is 3.18. The van der Waals surface area contributed by atoms with E-state index >= 15 is 0 Å². The third-order valence-corrected chi connectivity index (χ3v) is 0.650. The van der Waals surface area contributed by atoms with Gasteiger partial charge in [-0.15, -0.1) is 0 Å². The highest BCUT2D eigenvalue weighted by atomic mass is 16.6. The van der Waals surface area contributed by atoms with Crippen molar-refractivity contribution in [3.05, 3.63) is 0 Å². The number of ether oxygens (including phenoxy) is 1. The van der Waals surface area contributed by atoms with E-state index in [4.69, 9.17) is 1.37 Å². The Balaban J connectivity index is 2.64. The number of hydrogen-bond donors (Lipinski definition) is 0. The van der Waals surface area contributed by atoms with Crippen LogP contribution in [0.25, 0.3) is 0 Å². The van der Waals surface area contributed by atoms with Crippen molar-refractivity contribution in [1.82, 2.24) is 0 Å². The molecule has 0 spiro atoms. The molecule has 1 saturated heterocycles. The number of carbonyl (C=O) groups excluding carboxylic acids is 2. The zero-order valence-electron chi connectivity index (χ0n) is 4.51. The van der Waals surface area contributed by atoms with Gasteiger partial charge in [-0.2, -0.15) is 0 Å². The van der Waals surface area contributed by atoms with E-state index in [9.17, 15) is 9.59 Å². The zero-order valence-corrected chi connectivity index (χ0v) is 3.51. The number of esters is 2. The molecule has 1 unspecified atom stereocenters. The van der Waals surface area contributed by atoms with Gasteiger partial charge in [-0.25, -0.2) is 0 Å². The Morgan fingerprint density at radius 2 is 2.29 bits per heavy atom. The van der Waals surface area contributed by atoms with Crippen LogP contribution in [-0.4, -0.2) is 11.9 Å². The van der Waals surface area contributed by atoms with Crippen LogP contribution in [0.15, 0.2) is 0 Å². The maximum absolute atomic E-state index is 10.2. The van der Waals surface area contributed by atoms with Crippen LogP contribution in [0.1, 0.15) is 14.2 Å². The van der Waals surface area contributed by atoms with Gasteiger partial charge >= 0.3 is 11.9 Å². The summed E-state index contributed by atoms with van der Waals surface area (Å²) in [5.74, 6) is -1.31. The Hall–Kier alpha value is -0.860. The molecule has 7 heavy (non-hydrogen) atoms. The molecule has 0 aliphatic carbocycles. The lowest BCUT2D eigenvalue weighted by molar-refractivity contribution is -0.151. The standard InChI is InChI=1S/C4H4O3/c5-3-1-2-4(6)7-3/h1-2H2/i1D. The molecule has 1 fully saturated rings. The Morgan fingerprint density at radius 1 is 1.57 bits per heavy atom. The highest BCUT2D eigenvalue weighted by molar-refractivity contribution is 5.92. The Morgan fingerprint density at radius 3 is 2.43 bits per heavy atom. The first-order valence-electron chi connectivity index (χ1n) is 2.44. The van der Waals surface area contributed by atoms with Crippen LogP contribution in [0.5, 0.6) is 0 Å². The van der Waals surface area contributed by atoms with Crippen LogP contribution in [-0.2, 0) is 14.3 Å². The van der Waals surface area contributed by atoms with Gasteiger partial charge in [-0.1, -0.05) is 0 Å². The average molecular weight is 101 g/mol. The molecule has 0 aromatic heterocycles. The van der Waals surface area contributed by atoms with Crippen LogP contribution in [0.3, 0.4) is 0 Å². The van der Waals surface area contributed by atoms with E-state index in [0.29, 0.717) is 0 Å². The van der Waals surface area contributed by atoms with Crippen molar-refractivity contribution in [1.29, 1.82) is 0 Å².